The summed E-state index contributed by atoms with van der Waals surface area (Å²) in [6.45, 7) is 4.59. The Morgan fingerprint density at radius 1 is 1.33 bits per heavy atom. The van der Waals surface area contributed by atoms with Gasteiger partial charge in [0.15, 0.2) is 0 Å². The first-order valence-corrected chi connectivity index (χ1v) is 7.98. The van der Waals surface area contributed by atoms with Crippen LogP contribution in [0.4, 0.5) is 5.00 Å². The van der Waals surface area contributed by atoms with Gasteiger partial charge in [0.05, 0.1) is 5.56 Å². The van der Waals surface area contributed by atoms with Crippen LogP contribution in [-0.4, -0.2) is 18.4 Å². The molecule has 1 aromatic rings. The van der Waals surface area contributed by atoms with Crippen molar-refractivity contribution in [1.29, 1.82) is 5.26 Å². The normalized spacial score (nSPS) is 12.9. The molecule has 1 heterocycles. The Kier molecular flexibility index (Phi) is 4.97. The van der Waals surface area contributed by atoms with Crippen LogP contribution in [0.25, 0.3) is 0 Å². The van der Waals surface area contributed by atoms with E-state index in [2.05, 4.69) is 30.6 Å². The first-order valence-electron chi connectivity index (χ1n) is 7.16. The molecule has 0 atom stereocenters. The minimum absolute atomic E-state index is 0.471. The lowest BCUT2D eigenvalue weighted by Gasteiger charge is -2.07. The van der Waals surface area contributed by atoms with E-state index in [1.54, 1.807) is 0 Å². The van der Waals surface area contributed by atoms with Gasteiger partial charge in [0.1, 0.15) is 11.1 Å². The molecule has 0 aromatic carbocycles. The van der Waals surface area contributed by atoms with Gasteiger partial charge in [-0.25, -0.2) is 0 Å². The Morgan fingerprint density at radius 2 is 2.10 bits per heavy atom. The highest BCUT2D eigenvalue weighted by Gasteiger charge is 2.24. The highest BCUT2D eigenvalue weighted by molar-refractivity contribution is 7.16. The zero-order valence-corrected chi connectivity index (χ0v) is 13.1. The first kappa shape index (κ1) is 15.5. The smallest absolute Gasteiger partial charge is 0.314 e. The van der Waals surface area contributed by atoms with Crippen molar-refractivity contribution < 1.29 is 9.59 Å². The van der Waals surface area contributed by atoms with Crippen molar-refractivity contribution in [3.8, 4) is 6.07 Å². The molecule has 112 valence electrons. The molecule has 6 heteroatoms. The van der Waals surface area contributed by atoms with Crippen LogP contribution in [0.1, 0.15) is 42.7 Å². The van der Waals surface area contributed by atoms with E-state index in [-0.39, 0.29) is 0 Å². The monoisotopic (exact) mass is 305 g/mol. The predicted octanol–water partition coefficient (Wildman–Crippen LogP) is 2.21. The molecule has 0 bridgehead atoms. The van der Waals surface area contributed by atoms with Crippen molar-refractivity contribution >= 4 is 28.2 Å². The Balaban J connectivity index is 1.97. The summed E-state index contributed by atoms with van der Waals surface area (Å²) >= 11 is 1.41. The second-order valence-corrected chi connectivity index (χ2v) is 6.67. The molecule has 0 spiro atoms. The van der Waals surface area contributed by atoms with Crippen molar-refractivity contribution in [3.05, 3.63) is 16.0 Å². The minimum Gasteiger partial charge on any atom is -0.348 e. The zero-order chi connectivity index (χ0) is 15.4. The molecular weight excluding hydrogens is 286 g/mol. The number of amides is 2. The van der Waals surface area contributed by atoms with Crippen LogP contribution in [0, 0.1) is 17.2 Å². The molecule has 21 heavy (non-hydrogen) atoms. The van der Waals surface area contributed by atoms with E-state index in [0.717, 1.165) is 36.1 Å². The maximum absolute atomic E-state index is 11.9. The maximum Gasteiger partial charge on any atom is 0.314 e. The molecule has 1 aliphatic rings. The number of anilines is 1. The molecule has 2 amide bonds. The van der Waals surface area contributed by atoms with Gasteiger partial charge < -0.3 is 10.6 Å². The van der Waals surface area contributed by atoms with Gasteiger partial charge in [-0.15, -0.1) is 11.3 Å². The van der Waals surface area contributed by atoms with Gasteiger partial charge in [0.25, 0.3) is 0 Å². The molecular formula is C15H19N3O2S. The zero-order valence-electron chi connectivity index (χ0n) is 12.3. The fourth-order valence-corrected chi connectivity index (χ4v) is 3.56. The van der Waals surface area contributed by atoms with E-state index < -0.39 is 11.8 Å². The quantitative estimate of drug-likeness (QED) is 0.837. The number of nitrogens with one attached hydrogen (secondary N) is 2. The van der Waals surface area contributed by atoms with E-state index in [9.17, 15) is 14.9 Å². The van der Waals surface area contributed by atoms with Crippen LogP contribution >= 0.6 is 11.3 Å². The Morgan fingerprint density at radius 3 is 2.76 bits per heavy atom. The van der Waals surface area contributed by atoms with Gasteiger partial charge in [-0.3, -0.25) is 9.59 Å². The average Bonchev–Trinajstić information content (AvgIpc) is 2.98. The number of thiophene rings is 1. The second-order valence-electron chi connectivity index (χ2n) is 5.57. The number of fused-ring (bicyclic) bond motifs is 1. The number of nitrogens with zero attached hydrogens (tertiary/aromatic N) is 1. The van der Waals surface area contributed by atoms with E-state index in [1.165, 1.54) is 11.3 Å². The number of hydrogen-bond donors (Lipinski definition) is 2. The lowest BCUT2D eigenvalue weighted by atomic mass is 10.1. The largest absolute Gasteiger partial charge is 0.348 e. The van der Waals surface area contributed by atoms with E-state index >= 15 is 0 Å². The lowest BCUT2D eigenvalue weighted by molar-refractivity contribution is -0.136. The third-order valence-corrected chi connectivity index (χ3v) is 4.68. The van der Waals surface area contributed by atoms with Crippen molar-refractivity contribution in [3.63, 3.8) is 0 Å². The summed E-state index contributed by atoms with van der Waals surface area (Å²) in [5.74, 6) is -0.873. The molecule has 1 aromatic heterocycles. The van der Waals surface area contributed by atoms with Gasteiger partial charge in [-0.1, -0.05) is 13.8 Å². The van der Waals surface area contributed by atoms with Crippen LogP contribution in [-0.2, 0) is 22.4 Å². The number of aryl methyl sites for hydroxylation is 1. The predicted molar refractivity (Wildman–Crippen MR) is 82.2 cm³/mol. The first-order chi connectivity index (χ1) is 10.0. The van der Waals surface area contributed by atoms with E-state index in [4.69, 9.17) is 0 Å². The minimum atomic E-state index is -0.699. The summed E-state index contributed by atoms with van der Waals surface area (Å²) < 4.78 is 0. The SMILES string of the molecule is CC(C)CCNC(=O)C(=O)Nc1sc2c(c1C#N)CCC2. The van der Waals surface area contributed by atoms with Gasteiger partial charge in [0, 0.05) is 11.4 Å². The van der Waals surface area contributed by atoms with Gasteiger partial charge in [0.2, 0.25) is 0 Å². The van der Waals surface area contributed by atoms with Crippen LogP contribution in [0.2, 0.25) is 0 Å². The molecule has 5 nitrogen and oxygen atoms in total. The van der Waals surface area contributed by atoms with Crippen LogP contribution < -0.4 is 10.6 Å². The number of carbonyl (C=O) groups is 2. The van der Waals surface area contributed by atoms with Crippen molar-refractivity contribution in [2.75, 3.05) is 11.9 Å². The number of carbonyl (C=O) groups excluding carboxylic acids is 2. The molecule has 2 rings (SSSR count). The number of rotatable bonds is 4. The van der Waals surface area contributed by atoms with Gasteiger partial charge in [-0.05, 0) is 37.2 Å². The summed E-state index contributed by atoms with van der Waals surface area (Å²) in [4.78, 5) is 24.7. The van der Waals surface area contributed by atoms with Crippen LogP contribution in [0.5, 0.6) is 0 Å². The second kappa shape index (κ2) is 6.72. The molecule has 0 saturated heterocycles. The Hall–Kier alpha value is -1.87. The van der Waals surface area contributed by atoms with Crippen molar-refractivity contribution in [1.82, 2.24) is 5.32 Å². The van der Waals surface area contributed by atoms with Crippen LogP contribution in [0.15, 0.2) is 0 Å². The third-order valence-electron chi connectivity index (χ3n) is 3.47. The van der Waals surface area contributed by atoms with E-state index in [0.29, 0.717) is 23.0 Å². The summed E-state index contributed by atoms with van der Waals surface area (Å²) in [5, 5.41) is 14.9. The molecule has 0 saturated carbocycles. The highest BCUT2D eigenvalue weighted by Crippen LogP contribution is 2.38. The lowest BCUT2D eigenvalue weighted by Crippen LogP contribution is -2.36. The fourth-order valence-electron chi connectivity index (χ4n) is 2.33. The summed E-state index contributed by atoms with van der Waals surface area (Å²) in [6, 6.07) is 2.14. The topological polar surface area (TPSA) is 82.0 Å². The third kappa shape index (κ3) is 3.61. The molecule has 0 fully saturated rings. The van der Waals surface area contributed by atoms with Gasteiger partial charge >= 0.3 is 11.8 Å². The maximum atomic E-state index is 11.9. The highest BCUT2D eigenvalue weighted by atomic mass is 32.1. The Labute approximate surface area is 128 Å². The summed E-state index contributed by atoms with van der Waals surface area (Å²) in [5.41, 5.74) is 1.56. The van der Waals surface area contributed by atoms with E-state index in [1.807, 2.05) is 0 Å². The molecule has 0 radical (unpaired) electrons. The Bertz CT molecular complexity index is 599. The number of nitriles is 1. The standard InChI is InChI=1S/C15H19N3O2S/c1-9(2)6-7-17-13(19)14(20)18-15-11(8-16)10-4-3-5-12(10)21-15/h9H,3-7H2,1-2H3,(H,17,19)(H,18,20). The summed E-state index contributed by atoms with van der Waals surface area (Å²) in [6.07, 6.45) is 3.71. The molecule has 2 N–H and O–H groups in total. The summed E-state index contributed by atoms with van der Waals surface area (Å²) in [7, 11) is 0. The molecule has 0 aliphatic heterocycles. The van der Waals surface area contributed by atoms with Gasteiger partial charge in [-0.2, -0.15) is 5.26 Å². The van der Waals surface area contributed by atoms with Crippen LogP contribution in [0.3, 0.4) is 0 Å². The number of hydrogen-bond acceptors (Lipinski definition) is 4. The average molecular weight is 305 g/mol. The fraction of sp³-hybridized carbons (Fsp3) is 0.533. The molecule has 1 aliphatic carbocycles. The van der Waals surface area contributed by atoms with Crippen molar-refractivity contribution in [2.24, 2.45) is 5.92 Å². The van der Waals surface area contributed by atoms with Crippen molar-refractivity contribution in [2.45, 2.75) is 39.5 Å². The molecule has 0 unspecified atom stereocenters.